The van der Waals surface area contributed by atoms with Crippen LogP contribution in [0.1, 0.15) is 30.6 Å². The van der Waals surface area contributed by atoms with Crippen molar-refractivity contribution in [2.24, 2.45) is 0 Å². The fourth-order valence-corrected chi connectivity index (χ4v) is 2.70. The molecule has 0 saturated carbocycles. The van der Waals surface area contributed by atoms with E-state index in [2.05, 4.69) is 10.6 Å². The van der Waals surface area contributed by atoms with Crippen molar-refractivity contribution in [3.8, 4) is 11.5 Å². The van der Waals surface area contributed by atoms with Crippen LogP contribution in [0.15, 0.2) is 36.4 Å². The third-order valence-corrected chi connectivity index (χ3v) is 4.29. The minimum atomic E-state index is -0.381. The second-order valence-electron chi connectivity index (χ2n) is 5.56. The van der Waals surface area contributed by atoms with Crippen LogP contribution < -0.4 is 15.4 Å². The molecule has 0 radical (unpaired) electrons. The quantitative estimate of drug-likeness (QED) is 0.475. The van der Waals surface area contributed by atoms with Gasteiger partial charge in [0, 0.05) is 11.3 Å². The average molecular weight is 413 g/mol. The largest absolute Gasteiger partial charge is 0.505 e. The molecule has 0 aromatic heterocycles. The molecule has 0 saturated heterocycles. The van der Waals surface area contributed by atoms with Gasteiger partial charge in [0.15, 0.2) is 10.9 Å². The number of carbonyl (C=O) groups excluding carboxylic acids is 1. The van der Waals surface area contributed by atoms with Crippen molar-refractivity contribution in [3.05, 3.63) is 52.0 Å². The van der Waals surface area contributed by atoms with Gasteiger partial charge in [0.1, 0.15) is 5.75 Å². The SMILES string of the molecule is CCC(C)Oc1cccc(C(=O)NC(=S)Nc2cc(Cl)c(O)c(Cl)c2)c1. The van der Waals surface area contributed by atoms with Crippen molar-refractivity contribution < 1.29 is 14.6 Å². The zero-order valence-corrected chi connectivity index (χ0v) is 16.5. The molecule has 2 aromatic rings. The van der Waals surface area contributed by atoms with Gasteiger partial charge in [-0.25, -0.2) is 0 Å². The molecule has 3 N–H and O–H groups in total. The van der Waals surface area contributed by atoms with Gasteiger partial charge in [-0.3, -0.25) is 10.1 Å². The number of carbonyl (C=O) groups is 1. The van der Waals surface area contributed by atoms with Gasteiger partial charge in [0.25, 0.3) is 5.91 Å². The molecule has 0 aliphatic heterocycles. The minimum absolute atomic E-state index is 0.0556. The normalized spacial score (nSPS) is 11.5. The number of halogens is 2. The number of benzene rings is 2. The predicted octanol–water partition coefficient (Wildman–Crippen LogP) is 5.00. The summed E-state index contributed by atoms with van der Waals surface area (Å²) in [5.74, 6) is 0.0167. The van der Waals surface area contributed by atoms with Crippen molar-refractivity contribution in [1.29, 1.82) is 0 Å². The van der Waals surface area contributed by atoms with E-state index in [9.17, 15) is 9.90 Å². The molecule has 0 bridgehead atoms. The molecule has 0 aliphatic carbocycles. The second-order valence-corrected chi connectivity index (χ2v) is 6.78. The highest BCUT2D eigenvalue weighted by Gasteiger charge is 2.12. The number of rotatable bonds is 5. The Morgan fingerprint density at radius 2 is 1.92 bits per heavy atom. The molecular formula is C18H18Cl2N2O3S. The first-order chi connectivity index (χ1) is 12.3. The van der Waals surface area contributed by atoms with Crippen LogP contribution >= 0.6 is 35.4 Å². The van der Waals surface area contributed by atoms with E-state index in [4.69, 9.17) is 40.2 Å². The van der Waals surface area contributed by atoms with Crippen molar-refractivity contribution in [1.82, 2.24) is 5.32 Å². The topological polar surface area (TPSA) is 70.6 Å². The standard InChI is InChI=1S/C18H18Cl2N2O3S/c1-3-10(2)25-13-6-4-5-11(7-13)17(24)22-18(26)21-12-8-14(19)16(23)15(20)9-12/h4-10,23H,3H2,1-2H3,(H2,21,22,24,26). The van der Waals surface area contributed by atoms with E-state index in [-0.39, 0.29) is 32.9 Å². The van der Waals surface area contributed by atoms with Crippen molar-refractivity contribution >= 4 is 52.1 Å². The van der Waals surface area contributed by atoms with Crippen LogP contribution in [0, 0.1) is 0 Å². The van der Waals surface area contributed by atoms with Crippen molar-refractivity contribution in [2.75, 3.05) is 5.32 Å². The van der Waals surface area contributed by atoms with E-state index in [1.54, 1.807) is 24.3 Å². The van der Waals surface area contributed by atoms with Crippen LogP contribution in [0.3, 0.4) is 0 Å². The summed E-state index contributed by atoms with van der Waals surface area (Å²) in [6.45, 7) is 3.98. The Balaban J connectivity index is 2.03. The van der Waals surface area contributed by atoms with Gasteiger partial charge in [-0.15, -0.1) is 0 Å². The number of phenolic OH excluding ortho intramolecular Hbond substituents is 1. The Kier molecular flexibility index (Phi) is 7.08. The molecule has 8 heteroatoms. The second kappa shape index (κ2) is 9.07. The summed E-state index contributed by atoms with van der Waals surface area (Å²) in [6.07, 6.45) is 0.919. The van der Waals surface area contributed by atoms with Crippen LogP contribution in [-0.2, 0) is 0 Å². The lowest BCUT2D eigenvalue weighted by molar-refractivity contribution is 0.0977. The molecule has 0 fully saturated rings. The van der Waals surface area contributed by atoms with Crippen LogP contribution in [0.25, 0.3) is 0 Å². The molecule has 5 nitrogen and oxygen atoms in total. The molecule has 1 unspecified atom stereocenters. The highest BCUT2D eigenvalue weighted by molar-refractivity contribution is 7.80. The van der Waals surface area contributed by atoms with Crippen LogP contribution in [-0.4, -0.2) is 22.2 Å². The van der Waals surface area contributed by atoms with Gasteiger partial charge < -0.3 is 15.2 Å². The lowest BCUT2D eigenvalue weighted by Crippen LogP contribution is -2.34. The number of ether oxygens (including phenoxy) is 1. The summed E-state index contributed by atoms with van der Waals surface area (Å²) in [5.41, 5.74) is 0.855. The number of anilines is 1. The lowest BCUT2D eigenvalue weighted by Gasteiger charge is -2.14. The van der Waals surface area contributed by atoms with Crippen molar-refractivity contribution in [3.63, 3.8) is 0 Å². The van der Waals surface area contributed by atoms with E-state index in [1.807, 2.05) is 13.8 Å². The number of amides is 1. The van der Waals surface area contributed by atoms with E-state index >= 15 is 0 Å². The van der Waals surface area contributed by atoms with Crippen LogP contribution in [0.2, 0.25) is 10.0 Å². The fourth-order valence-electron chi connectivity index (χ4n) is 2.00. The number of hydrogen-bond donors (Lipinski definition) is 3. The Bertz CT molecular complexity index is 807. The average Bonchev–Trinajstić information content (AvgIpc) is 2.59. The first-order valence-electron chi connectivity index (χ1n) is 7.87. The third-order valence-electron chi connectivity index (χ3n) is 3.51. The smallest absolute Gasteiger partial charge is 0.257 e. The first-order valence-corrected chi connectivity index (χ1v) is 9.03. The Morgan fingerprint density at radius 1 is 1.27 bits per heavy atom. The predicted molar refractivity (Wildman–Crippen MR) is 109 cm³/mol. The van der Waals surface area contributed by atoms with Crippen molar-refractivity contribution in [2.45, 2.75) is 26.4 Å². The van der Waals surface area contributed by atoms with E-state index < -0.39 is 0 Å². The molecule has 0 spiro atoms. The maximum Gasteiger partial charge on any atom is 0.257 e. The first kappa shape index (κ1) is 20.3. The Labute approximate surface area is 167 Å². The summed E-state index contributed by atoms with van der Waals surface area (Å²) >= 11 is 16.8. The fraction of sp³-hybridized carbons (Fsp3) is 0.222. The number of hydrogen-bond acceptors (Lipinski definition) is 4. The summed E-state index contributed by atoms with van der Waals surface area (Å²) in [6, 6.07) is 9.74. The summed E-state index contributed by atoms with van der Waals surface area (Å²) in [4.78, 5) is 12.4. The zero-order chi connectivity index (χ0) is 19.3. The van der Waals surface area contributed by atoms with Gasteiger partial charge in [0.05, 0.1) is 16.1 Å². The van der Waals surface area contributed by atoms with E-state index in [0.717, 1.165) is 6.42 Å². The molecular weight excluding hydrogens is 395 g/mol. The minimum Gasteiger partial charge on any atom is -0.505 e. The monoisotopic (exact) mass is 412 g/mol. The summed E-state index contributed by atoms with van der Waals surface area (Å²) < 4.78 is 5.71. The molecule has 1 amide bonds. The van der Waals surface area contributed by atoms with Gasteiger partial charge in [-0.05, 0) is 55.9 Å². The number of thiocarbonyl (C=S) groups is 1. The molecule has 2 rings (SSSR count). The highest BCUT2D eigenvalue weighted by Crippen LogP contribution is 2.34. The Hall–Kier alpha value is -2.02. The summed E-state index contributed by atoms with van der Waals surface area (Å²) in [7, 11) is 0. The third kappa shape index (κ3) is 5.49. The van der Waals surface area contributed by atoms with Gasteiger partial charge in [-0.2, -0.15) is 0 Å². The molecule has 0 heterocycles. The van der Waals surface area contributed by atoms with Gasteiger partial charge >= 0.3 is 0 Å². The summed E-state index contributed by atoms with van der Waals surface area (Å²) in [5, 5.41) is 15.1. The maximum atomic E-state index is 12.4. The molecule has 2 aromatic carbocycles. The van der Waals surface area contributed by atoms with Crippen LogP contribution in [0.4, 0.5) is 5.69 Å². The molecule has 0 aliphatic rings. The number of aromatic hydroxyl groups is 1. The zero-order valence-electron chi connectivity index (χ0n) is 14.2. The van der Waals surface area contributed by atoms with Crippen LogP contribution in [0.5, 0.6) is 11.5 Å². The highest BCUT2D eigenvalue weighted by atomic mass is 35.5. The van der Waals surface area contributed by atoms with E-state index in [1.165, 1.54) is 12.1 Å². The maximum absolute atomic E-state index is 12.4. The van der Waals surface area contributed by atoms with E-state index in [0.29, 0.717) is 17.0 Å². The molecule has 26 heavy (non-hydrogen) atoms. The lowest BCUT2D eigenvalue weighted by atomic mass is 10.2. The molecule has 1 atom stereocenters. The van der Waals surface area contributed by atoms with Gasteiger partial charge in [-0.1, -0.05) is 36.2 Å². The molecule has 138 valence electrons. The van der Waals surface area contributed by atoms with Gasteiger partial charge in [0.2, 0.25) is 0 Å². The number of phenols is 1. The Morgan fingerprint density at radius 3 is 2.54 bits per heavy atom. The number of nitrogens with one attached hydrogen (secondary N) is 2.